The van der Waals surface area contributed by atoms with Gasteiger partial charge in [0, 0.05) is 6.54 Å². The van der Waals surface area contributed by atoms with Crippen LogP contribution in [0.5, 0.6) is 0 Å². The van der Waals surface area contributed by atoms with Crippen LogP contribution in [-0.2, 0) is 0 Å². The average molecular weight is 297 g/mol. The van der Waals surface area contributed by atoms with Gasteiger partial charge in [0.2, 0.25) is 0 Å². The van der Waals surface area contributed by atoms with E-state index >= 15 is 0 Å². The Bertz CT molecular complexity index is 515. The first-order valence-electron chi connectivity index (χ1n) is 6.64. The number of rotatable bonds is 5. The van der Waals surface area contributed by atoms with Crippen LogP contribution in [0.2, 0.25) is 5.02 Å². The molecule has 0 aromatic heterocycles. The number of benzene rings is 1. The van der Waals surface area contributed by atoms with Gasteiger partial charge in [0.15, 0.2) is 0 Å². The Morgan fingerprint density at radius 3 is 2.65 bits per heavy atom. The fourth-order valence-electron chi connectivity index (χ4n) is 2.09. The number of hydrogen-bond donors (Lipinski definition) is 3. The van der Waals surface area contributed by atoms with Crippen LogP contribution in [0.25, 0.3) is 0 Å². The Morgan fingerprint density at radius 2 is 2.10 bits per heavy atom. The maximum absolute atomic E-state index is 11.7. The first-order chi connectivity index (χ1) is 9.56. The number of carbonyl (C=O) groups is 2. The van der Waals surface area contributed by atoms with E-state index in [-0.39, 0.29) is 16.6 Å². The zero-order valence-corrected chi connectivity index (χ0v) is 11.7. The summed E-state index contributed by atoms with van der Waals surface area (Å²) in [6.45, 7) is 0.640. The molecule has 1 aliphatic carbocycles. The molecule has 0 radical (unpaired) electrons. The zero-order chi connectivity index (χ0) is 14.5. The Labute approximate surface area is 122 Å². The van der Waals surface area contributed by atoms with Crippen LogP contribution < -0.4 is 10.6 Å². The Hall–Kier alpha value is -1.75. The van der Waals surface area contributed by atoms with Crippen LogP contribution >= 0.6 is 11.6 Å². The summed E-state index contributed by atoms with van der Waals surface area (Å²) in [4.78, 5) is 22.4. The van der Waals surface area contributed by atoms with Crippen LogP contribution in [0.4, 0.5) is 10.5 Å². The summed E-state index contributed by atoms with van der Waals surface area (Å²) < 4.78 is 0. The van der Waals surface area contributed by atoms with E-state index < -0.39 is 5.97 Å². The van der Waals surface area contributed by atoms with E-state index in [1.54, 1.807) is 0 Å². The highest BCUT2D eigenvalue weighted by Crippen LogP contribution is 2.28. The van der Waals surface area contributed by atoms with Crippen molar-refractivity contribution >= 4 is 29.3 Å². The van der Waals surface area contributed by atoms with E-state index in [0.717, 1.165) is 12.3 Å². The fraction of sp³-hybridized carbons (Fsp3) is 0.429. The van der Waals surface area contributed by atoms with Gasteiger partial charge in [0.05, 0.1) is 16.3 Å². The van der Waals surface area contributed by atoms with E-state index in [1.165, 1.54) is 37.5 Å². The predicted molar refractivity (Wildman–Crippen MR) is 77.4 cm³/mol. The van der Waals surface area contributed by atoms with Gasteiger partial charge in [-0.3, -0.25) is 0 Å². The molecule has 0 spiro atoms. The number of hydrogen-bond acceptors (Lipinski definition) is 2. The molecule has 0 bridgehead atoms. The molecule has 1 aliphatic rings. The molecule has 2 amide bonds. The van der Waals surface area contributed by atoms with Gasteiger partial charge in [-0.05, 0) is 30.5 Å². The molecule has 1 fully saturated rings. The third-order valence-corrected chi connectivity index (χ3v) is 3.84. The number of carbonyl (C=O) groups excluding carboxylic acids is 1. The minimum Gasteiger partial charge on any atom is -0.478 e. The monoisotopic (exact) mass is 296 g/mol. The Balaban J connectivity index is 1.82. The molecular weight excluding hydrogens is 280 g/mol. The molecule has 1 aromatic rings. The molecule has 5 nitrogen and oxygen atoms in total. The number of aromatic carboxylic acids is 1. The minimum atomic E-state index is -1.05. The number of carboxylic acid groups (broad SMARTS) is 1. The third kappa shape index (κ3) is 3.87. The van der Waals surface area contributed by atoms with Crippen LogP contribution in [0.3, 0.4) is 0 Å². The summed E-state index contributed by atoms with van der Waals surface area (Å²) in [6, 6.07) is 3.87. The first kappa shape index (κ1) is 14.7. The van der Waals surface area contributed by atoms with E-state index in [0.29, 0.717) is 12.2 Å². The molecule has 6 heteroatoms. The second-order valence-electron chi connectivity index (χ2n) is 4.97. The van der Waals surface area contributed by atoms with E-state index in [1.807, 2.05) is 0 Å². The normalized spacial score (nSPS) is 14.4. The molecule has 20 heavy (non-hydrogen) atoms. The lowest BCUT2D eigenvalue weighted by Crippen LogP contribution is -2.31. The number of urea groups is 1. The molecule has 0 heterocycles. The number of carboxylic acids is 1. The van der Waals surface area contributed by atoms with Crippen molar-refractivity contribution in [3.05, 3.63) is 28.8 Å². The van der Waals surface area contributed by atoms with Crippen molar-refractivity contribution in [3.8, 4) is 0 Å². The maximum Gasteiger partial charge on any atom is 0.335 e. The van der Waals surface area contributed by atoms with Crippen molar-refractivity contribution in [1.29, 1.82) is 0 Å². The largest absolute Gasteiger partial charge is 0.478 e. The van der Waals surface area contributed by atoms with Crippen molar-refractivity contribution in [2.75, 3.05) is 11.9 Å². The zero-order valence-electron chi connectivity index (χ0n) is 11.0. The van der Waals surface area contributed by atoms with Crippen LogP contribution in [0.15, 0.2) is 18.2 Å². The molecular formula is C14H17ClN2O3. The van der Waals surface area contributed by atoms with Crippen molar-refractivity contribution in [2.45, 2.75) is 25.7 Å². The molecule has 0 atom stereocenters. The Kier molecular flexibility index (Phi) is 4.84. The summed E-state index contributed by atoms with van der Waals surface area (Å²) in [5.74, 6) is -0.308. The second-order valence-corrected chi connectivity index (χ2v) is 5.37. The van der Waals surface area contributed by atoms with Crippen molar-refractivity contribution in [3.63, 3.8) is 0 Å². The summed E-state index contributed by atoms with van der Waals surface area (Å²) in [6.07, 6.45) is 4.80. The lowest BCUT2D eigenvalue weighted by molar-refractivity contribution is 0.0697. The maximum atomic E-state index is 11.7. The number of halogens is 1. The third-order valence-electron chi connectivity index (χ3n) is 3.53. The standard InChI is InChI=1S/C14H17ClN2O3/c15-11-8-10(13(18)19)4-5-12(11)17-14(20)16-7-6-9-2-1-3-9/h4-5,8-9H,1-3,6-7H2,(H,18,19)(H2,16,17,20). The molecule has 2 rings (SSSR count). The van der Waals surface area contributed by atoms with Gasteiger partial charge in [0.25, 0.3) is 0 Å². The summed E-state index contributed by atoms with van der Waals surface area (Å²) >= 11 is 5.93. The summed E-state index contributed by atoms with van der Waals surface area (Å²) in [5.41, 5.74) is 0.490. The molecule has 0 unspecified atom stereocenters. The quantitative estimate of drug-likeness (QED) is 0.779. The molecule has 1 saturated carbocycles. The topological polar surface area (TPSA) is 78.4 Å². The van der Waals surface area contributed by atoms with Gasteiger partial charge in [-0.1, -0.05) is 30.9 Å². The number of anilines is 1. The van der Waals surface area contributed by atoms with Gasteiger partial charge in [0.1, 0.15) is 0 Å². The molecule has 0 saturated heterocycles. The van der Waals surface area contributed by atoms with Crippen LogP contribution in [-0.4, -0.2) is 23.7 Å². The SMILES string of the molecule is O=C(NCCC1CCC1)Nc1ccc(C(=O)O)cc1Cl. The van der Waals surface area contributed by atoms with Gasteiger partial charge >= 0.3 is 12.0 Å². The molecule has 108 valence electrons. The lowest BCUT2D eigenvalue weighted by Gasteiger charge is -2.25. The van der Waals surface area contributed by atoms with Gasteiger partial charge < -0.3 is 15.7 Å². The van der Waals surface area contributed by atoms with Crippen LogP contribution in [0.1, 0.15) is 36.0 Å². The molecule has 3 N–H and O–H groups in total. The van der Waals surface area contributed by atoms with Gasteiger partial charge in [-0.15, -0.1) is 0 Å². The summed E-state index contributed by atoms with van der Waals surface area (Å²) in [7, 11) is 0. The van der Waals surface area contributed by atoms with Crippen LogP contribution in [0, 0.1) is 5.92 Å². The molecule has 0 aliphatic heterocycles. The first-order valence-corrected chi connectivity index (χ1v) is 7.02. The van der Waals surface area contributed by atoms with Gasteiger partial charge in [-0.25, -0.2) is 9.59 Å². The van der Waals surface area contributed by atoms with E-state index in [2.05, 4.69) is 10.6 Å². The van der Waals surface area contributed by atoms with Crippen molar-refractivity contribution in [1.82, 2.24) is 5.32 Å². The van der Waals surface area contributed by atoms with Crippen molar-refractivity contribution in [2.24, 2.45) is 5.92 Å². The van der Waals surface area contributed by atoms with Crippen molar-refractivity contribution < 1.29 is 14.7 Å². The number of amides is 2. The van der Waals surface area contributed by atoms with Gasteiger partial charge in [-0.2, -0.15) is 0 Å². The van der Waals surface area contributed by atoms with E-state index in [4.69, 9.17) is 16.7 Å². The minimum absolute atomic E-state index is 0.0888. The average Bonchev–Trinajstić information content (AvgIpc) is 2.34. The highest BCUT2D eigenvalue weighted by Gasteiger charge is 2.17. The predicted octanol–water partition coefficient (Wildman–Crippen LogP) is 3.35. The lowest BCUT2D eigenvalue weighted by atomic mass is 9.83. The smallest absolute Gasteiger partial charge is 0.335 e. The second kappa shape index (κ2) is 6.61. The highest BCUT2D eigenvalue weighted by atomic mass is 35.5. The Morgan fingerprint density at radius 1 is 1.35 bits per heavy atom. The molecule has 1 aromatic carbocycles. The highest BCUT2D eigenvalue weighted by molar-refractivity contribution is 6.34. The number of nitrogens with one attached hydrogen (secondary N) is 2. The fourth-order valence-corrected chi connectivity index (χ4v) is 2.32. The summed E-state index contributed by atoms with van der Waals surface area (Å²) in [5, 5.41) is 14.4. The van der Waals surface area contributed by atoms with E-state index in [9.17, 15) is 9.59 Å².